The van der Waals surface area contributed by atoms with Crippen molar-refractivity contribution in [2.75, 3.05) is 11.9 Å². The topological polar surface area (TPSA) is 86.3 Å². The molecular formula is C29H26ClN3O4S4. The van der Waals surface area contributed by atoms with Crippen molar-refractivity contribution in [2.45, 2.75) is 30.2 Å². The second-order valence-electron chi connectivity index (χ2n) is 9.28. The molecule has 0 saturated heterocycles. The molecule has 6 rings (SSSR count). The summed E-state index contributed by atoms with van der Waals surface area (Å²) in [5.74, 6) is 0. The monoisotopic (exact) mass is 643 g/mol. The highest BCUT2D eigenvalue weighted by molar-refractivity contribution is 8.08. The number of para-hydroxylation sites is 1. The van der Waals surface area contributed by atoms with Gasteiger partial charge in [-0.25, -0.2) is 8.42 Å². The lowest BCUT2D eigenvalue weighted by Crippen LogP contribution is -2.34. The van der Waals surface area contributed by atoms with E-state index in [0.29, 0.717) is 11.6 Å². The number of fused-ring (bicyclic) bond motifs is 2. The Hall–Kier alpha value is -2.93. The molecule has 0 bridgehead atoms. The number of anilines is 1. The predicted molar refractivity (Wildman–Crippen MR) is 168 cm³/mol. The van der Waals surface area contributed by atoms with Gasteiger partial charge in [0.15, 0.2) is 0 Å². The lowest BCUT2D eigenvalue weighted by molar-refractivity contribution is -0.642. The van der Waals surface area contributed by atoms with Crippen LogP contribution >= 0.6 is 46.0 Å². The number of thioether (sulfide) groups is 1. The molecule has 3 aromatic carbocycles. The fourth-order valence-electron chi connectivity index (χ4n) is 4.34. The summed E-state index contributed by atoms with van der Waals surface area (Å²) in [5.41, 5.74) is 3.23. The van der Waals surface area contributed by atoms with Gasteiger partial charge in [-0.15, -0.1) is 11.3 Å². The van der Waals surface area contributed by atoms with Crippen LogP contribution in [0.2, 0.25) is 5.02 Å². The zero-order chi connectivity index (χ0) is 29.5. The van der Waals surface area contributed by atoms with Gasteiger partial charge in [0.1, 0.15) is 36.1 Å². The summed E-state index contributed by atoms with van der Waals surface area (Å²) in [6.07, 6.45) is 2.13. The molecule has 41 heavy (non-hydrogen) atoms. The maximum Gasteiger partial charge on any atom is 0.271 e. The van der Waals surface area contributed by atoms with Crippen LogP contribution < -0.4 is 24.2 Å². The van der Waals surface area contributed by atoms with Crippen LogP contribution in [0.1, 0.15) is 17.5 Å². The van der Waals surface area contributed by atoms with Crippen molar-refractivity contribution < 1.29 is 17.5 Å². The van der Waals surface area contributed by atoms with E-state index in [9.17, 15) is 17.8 Å². The second-order valence-corrected chi connectivity index (χ2v) is 14.2. The number of aromatic nitrogens is 2. The fourth-order valence-corrected chi connectivity index (χ4v) is 8.58. The Morgan fingerprint density at radius 2 is 1.76 bits per heavy atom. The summed E-state index contributed by atoms with van der Waals surface area (Å²) in [7, 11) is -0.202. The van der Waals surface area contributed by atoms with Crippen molar-refractivity contribution in [2.24, 2.45) is 7.05 Å². The third kappa shape index (κ3) is 6.01. The standard InChI is InChI=1S/C22H19ClN3OS3.C7H8O3S/c1-4-26-19(12-18-24(2)14-7-5-6-8-16(14)28-18)30-20(21(26)27)22-25(3)15-11-13(23)9-10-17(15)29-22;1-6-2-4-7(5-3-6)11(8,9)10/h5-12H,4H2,1-3H3;2-5H,1H3,(H,8,9,10)/q+1;/p-1/b22-20-;. The molecule has 0 saturated carbocycles. The summed E-state index contributed by atoms with van der Waals surface area (Å²) < 4.78 is 38.2. The first kappa shape index (κ1) is 29.6. The molecule has 0 amide bonds. The molecule has 212 valence electrons. The third-order valence-corrected chi connectivity index (χ3v) is 11.3. The fraction of sp³-hybridized carbons (Fsp3) is 0.172. The van der Waals surface area contributed by atoms with Crippen LogP contribution in [0.4, 0.5) is 5.69 Å². The SMILES string of the molecule is CCn1c(=O)/c(=C2/Sc3ccc(Cl)cc3N2C)s/c1=C/c1sc2ccccc2[n+]1C.Cc1ccc(S(=O)(=O)[O-])cc1. The van der Waals surface area contributed by atoms with Crippen molar-refractivity contribution in [3.63, 3.8) is 0 Å². The molecule has 0 unspecified atom stereocenters. The Morgan fingerprint density at radius 3 is 2.41 bits per heavy atom. The average molecular weight is 644 g/mol. The molecule has 3 heterocycles. The van der Waals surface area contributed by atoms with Gasteiger partial charge < -0.3 is 9.45 Å². The summed E-state index contributed by atoms with van der Waals surface area (Å²) >= 11 is 11.1. The molecule has 0 radical (unpaired) electrons. The number of hydrogen-bond donors (Lipinski definition) is 0. The van der Waals surface area contributed by atoms with E-state index in [2.05, 4.69) is 46.9 Å². The number of thiazole rings is 2. The number of benzene rings is 3. The molecule has 1 aliphatic heterocycles. The van der Waals surface area contributed by atoms with Gasteiger partial charge in [0, 0.05) is 29.6 Å². The van der Waals surface area contributed by atoms with E-state index in [4.69, 9.17) is 11.6 Å². The van der Waals surface area contributed by atoms with E-state index in [-0.39, 0.29) is 10.5 Å². The highest BCUT2D eigenvalue weighted by Crippen LogP contribution is 2.46. The number of nitrogens with zero attached hydrogens (tertiary/aromatic N) is 3. The Morgan fingerprint density at radius 1 is 1.05 bits per heavy atom. The van der Waals surface area contributed by atoms with E-state index in [1.54, 1.807) is 46.6 Å². The third-order valence-electron chi connectivity index (χ3n) is 6.54. The summed E-state index contributed by atoms with van der Waals surface area (Å²) in [6.45, 7) is 4.47. The lowest BCUT2D eigenvalue weighted by Gasteiger charge is -2.12. The van der Waals surface area contributed by atoms with Gasteiger partial charge in [-0.05, 0) is 50.2 Å². The summed E-state index contributed by atoms with van der Waals surface area (Å²) in [5, 5.41) is 2.79. The van der Waals surface area contributed by atoms with Gasteiger partial charge in [0.25, 0.3) is 10.6 Å². The van der Waals surface area contributed by atoms with E-state index in [1.807, 2.05) is 43.7 Å². The quantitative estimate of drug-likeness (QED) is 0.210. The first-order valence-electron chi connectivity index (χ1n) is 12.5. The van der Waals surface area contributed by atoms with Gasteiger partial charge in [-0.3, -0.25) is 9.36 Å². The highest BCUT2D eigenvalue weighted by Gasteiger charge is 2.25. The normalized spacial score (nSPS) is 14.8. The first-order valence-corrected chi connectivity index (χ1v) is 16.8. The van der Waals surface area contributed by atoms with Gasteiger partial charge in [0.2, 0.25) is 5.52 Å². The van der Waals surface area contributed by atoms with Crippen LogP contribution in [-0.4, -0.2) is 24.6 Å². The Balaban J connectivity index is 0.000000259. The zero-order valence-corrected chi connectivity index (χ0v) is 26.6. The van der Waals surface area contributed by atoms with Crippen LogP contribution in [0.3, 0.4) is 0 Å². The molecule has 1 aliphatic rings. The van der Waals surface area contributed by atoms with Crippen LogP contribution in [0, 0.1) is 6.92 Å². The highest BCUT2D eigenvalue weighted by atomic mass is 35.5. The van der Waals surface area contributed by atoms with E-state index >= 15 is 0 Å². The van der Waals surface area contributed by atoms with Crippen LogP contribution in [0.15, 0.2) is 81.3 Å². The molecular weight excluding hydrogens is 618 g/mol. The second kappa shape index (κ2) is 11.7. The molecule has 2 aromatic heterocycles. The number of aryl methyl sites for hydroxylation is 2. The molecule has 0 spiro atoms. The van der Waals surface area contributed by atoms with Gasteiger partial charge in [-0.1, -0.05) is 64.5 Å². The zero-order valence-electron chi connectivity index (χ0n) is 22.6. The van der Waals surface area contributed by atoms with E-state index < -0.39 is 10.1 Å². The minimum atomic E-state index is -4.27. The molecule has 12 heteroatoms. The first-order chi connectivity index (χ1) is 19.5. The van der Waals surface area contributed by atoms with E-state index in [0.717, 1.165) is 35.4 Å². The van der Waals surface area contributed by atoms with Crippen molar-refractivity contribution in [3.8, 4) is 0 Å². The molecule has 0 aliphatic carbocycles. The van der Waals surface area contributed by atoms with Crippen LogP contribution in [0.5, 0.6) is 0 Å². The molecule has 0 N–H and O–H groups in total. The largest absolute Gasteiger partial charge is 0.744 e. The van der Waals surface area contributed by atoms with Crippen molar-refractivity contribution in [1.29, 1.82) is 0 Å². The van der Waals surface area contributed by atoms with Gasteiger partial charge in [0.05, 0.1) is 16.7 Å². The Bertz CT molecular complexity index is 2060. The van der Waals surface area contributed by atoms with Gasteiger partial charge >= 0.3 is 0 Å². The maximum atomic E-state index is 13.3. The maximum absolute atomic E-state index is 13.3. The molecule has 7 nitrogen and oxygen atoms in total. The number of hydrogen-bond acceptors (Lipinski definition) is 8. The summed E-state index contributed by atoms with van der Waals surface area (Å²) in [4.78, 5) is 16.3. The van der Waals surface area contributed by atoms with Crippen molar-refractivity contribution in [3.05, 3.63) is 102 Å². The molecule has 5 aromatic rings. The van der Waals surface area contributed by atoms with Crippen LogP contribution in [-0.2, 0) is 23.7 Å². The van der Waals surface area contributed by atoms with Crippen LogP contribution in [0.25, 0.3) is 21.3 Å². The minimum absolute atomic E-state index is 0.0609. The van der Waals surface area contributed by atoms with Crippen molar-refractivity contribution in [1.82, 2.24) is 4.57 Å². The molecule has 0 fully saturated rings. The summed E-state index contributed by atoms with van der Waals surface area (Å²) in [6, 6.07) is 20.0. The Kier molecular flexibility index (Phi) is 8.47. The smallest absolute Gasteiger partial charge is 0.271 e. The van der Waals surface area contributed by atoms with Gasteiger partial charge in [-0.2, -0.15) is 4.57 Å². The number of halogens is 1. The average Bonchev–Trinajstić information content (AvgIpc) is 3.54. The number of rotatable bonds is 3. The van der Waals surface area contributed by atoms with E-state index in [1.165, 1.54) is 22.3 Å². The Labute approximate surface area is 255 Å². The lowest BCUT2D eigenvalue weighted by atomic mass is 10.2. The predicted octanol–water partition coefficient (Wildman–Crippen LogP) is 4.66. The molecule has 0 atom stereocenters. The van der Waals surface area contributed by atoms with Crippen molar-refractivity contribution >= 4 is 83.2 Å². The minimum Gasteiger partial charge on any atom is -0.744 e.